The lowest BCUT2D eigenvalue weighted by atomic mass is 9.83. The summed E-state index contributed by atoms with van der Waals surface area (Å²) < 4.78 is 11.1. The number of carbonyl (C=O) groups is 3. The van der Waals surface area contributed by atoms with Crippen molar-refractivity contribution in [1.82, 2.24) is 19.6 Å². The van der Waals surface area contributed by atoms with Gasteiger partial charge >= 0.3 is 5.97 Å². The van der Waals surface area contributed by atoms with Crippen LogP contribution in [0.3, 0.4) is 0 Å². The molecular formula is C30H48N4O7. The van der Waals surface area contributed by atoms with Crippen LogP contribution >= 0.6 is 0 Å². The molecule has 0 spiro atoms. The molecule has 0 saturated carbocycles. The lowest BCUT2D eigenvalue weighted by Gasteiger charge is -2.31. The van der Waals surface area contributed by atoms with Crippen molar-refractivity contribution in [1.29, 1.82) is 0 Å². The van der Waals surface area contributed by atoms with Crippen molar-refractivity contribution in [2.75, 3.05) is 66.7 Å². The van der Waals surface area contributed by atoms with Gasteiger partial charge in [0.05, 0.1) is 19.1 Å². The smallest absolute Gasteiger partial charge is 0.308 e. The number of hydrogen-bond acceptors (Lipinski definition) is 8. The quantitative estimate of drug-likeness (QED) is 0.305. The Balaban J connectivity index is 1.92. The maximum absolute atomic E-state index is 13.7. The third-order valence-electron chi connectivity index (χ3n) is 8.23. The molecule has 3 atom stereocenters. The van der Waals surface area contributed by atoms with Crippen molar-refractivity contribution >= 4 is 17.8 Å². The molecule has 0 bridgehead atoms. The zero-order valence-electron chi connectivity index (χ0n) is 25.3. The number of rotatable bonds is 16. The van der Waals surface area contributed by atoms with E-state index in [4.69, 9.17) is 9.47 Å². The van der Waals surface area contributed by atoms with Crippen molar-refractivity contribution in [3.05, 3.63) is 23.3 Å². The summed E-state index contributed by atoms with van der Waals surface area (Å²) in [4.78, 5) is 46.4. The zero-order chi connectivity index (χ0) is 30.1. The van der Waals surface area contributed by atoms with Crippen LogP contribution < -0.4 is 9.47 Å². The van der Waals surface area contributed by atoms with Gasteiger partial charge in [-0.1, -0.05) is 13.3 Å². The monoisotopic (exact) mass is 576 g/mol. The minimum absolute atomic E-state index is 0.00681. The largest absolute Gasteiger partial charge is 0.481 e. The second-order valence-corrected chi connectivity index (χ2v) is 11.3. The molecule has 0 radical (unpaired) electrons. The average Bonchev–Trinajstić information content (AvgIpc) is 3.54. The van der Waals surface area contributed by atoms with Gasteiger partial charge in [-0.25, -0.2) is 0 Å². The van der Waals surface area contributed by atoms with Gasteiger partial charge in [-0.15, -0.1) is 0 Å². The van der Waals surface area contributed by atoms with Crippen molar-refractivity contribution < 1.29 is 34.1 Å². The van der Waals surface area contributed by atoms with E-state index < -0.39 is 23.8 Å². The van der Waals surface area contributed by atoms with Gasteiger partial charge in [-0.05, 0) is 64.5 Å². The Morgan fingerprint density at radius 2 is 1.76 bits per heavy atom. The lowest BCUT2D eigenvalue weighted by molar-refractivity contribution is -0.144. The number of aliphatic hydroxyl groups is 1. The third kappa shape index (κ3) is 8.33. The second kappa shape index (κ2) is 15.4. The molecule has 0 aromatic heterocycles. The highest BCUT2D eigenvalue weighted by Gasteiger charge is 2.47. The van der Waals surface area contributed by atoms with Crippen molar-refractivity contribution in [2.45, 2.75) is 65.0 Å². The summed E-state index contributed by atoms with van der Waals surface area (Å²) in [5, 5.41) is 20.5. The van der Waals surface area contributed by atoms with E-state index in [2.05, 4.69) is 11.8 Å². The maximum Gasteiger partial charge on any atom is 0.308 e. The molecule has 41 heavy (non-hydrogen) atoms. The number of benzene rings is 1. The Labute approximate surface area is 244 Å². The number of carbonyl (C=O) groups excluding carboxylic acids is 2. The molecule has 3 rings (SSSR count). The number of likely N-dealkylation sites (tertiary alicyclic amines) is 1. The molecule has 2 aliphatic rings. The summed E-state index contributed by atoms with van der Waals surface area (Å²) >= 11 is 0. The van der Waals surface area contributed by atoms with Crippen LogP contribution in [0.25, 0.3) is 0 Å². The third-order valence-corrected chi connectivity index (χ3v) is 8.23. The highest BCUT2D eigenvalue weighted by molar-refractivity contribution is 5.79. The molecule has 0 aliphatic carbocycles. The van der Waals surface area contributed by atoms with E-state index in [0.717, 1.165) is 31.4 Å². The molecule has 2 aliphatic heterocycles. The first kappa shape index (κ1) is 32.6. The van der Waals surface area contributed by atoms with Gasteiger partial charge in [0.1, 0.15) is 0 Å². The fourth-order valence-electron chi connectivity index (χ4n) is 6.02. The van der Waals surface area contributed by atoms with Crippen LogP contribution in [0.5, 0.6) is 11.5 Å². The molecule has 1 fully saturated rings. The van der Waals surface area contributed by atoms with Crippen LogP contribution in [0.15, 0.2) is 12.1 Å². The zero-order valence-corrected chi connectivity index (χ0v) is 25.3. The van der Waals surface area contributed by atoms with Gasteiger partial charge in [-0.3, -0.25) is 19.3 Å². The van der Waals surface area contributed by atoms with Crippen LogP contribution in [-0.2, 0) is 21.0 Å². The molecule has 11 heteroatoms. The number of hydrogen-bond donors (Lipinski definition) is 2. The van der Waals surface area contributed by atoms with Crippen molar-refractivity contribution in [3.63, 3.8) is 0 Å². The van der Waals surface area contributed by atoms with Gasteiger partial charge < -0.3 is 34.4 Å². The van der Waals surface area contributed by atoms with Crippen LogP contribution in [0, 0.1) is 5.92 Å². The Hall–Kier alpha value is -2.89. The van der Waals surface area contributed by atoms with E-state index in [-0.39, 0.29) is 31.8 Å². The van der Waals surface area contributed by atoms with Crippen LogP contribution in [-0.4, -0.2) is 120 Å². The Morgan fingerprint density at radius 3 is 2.37 bits per heavy atom. The van der Waals surface area contributed by atoms with Gasteiger partial charge in [0, 0.05) is 57.2 Å². The van der Waals surface area contributed by atoms with Gasteiger partial charge in [0.2, 0.25) is 18.6 Å². The fraction of sp³-hybridized carbons (Fsp3) is 0.700. The van der Waals surface area contributed by atoms with E-state index in [9.17, 15) is 24.6 Å². The second-order valence-electron chi connectivity index (χ2n) is 11.3. The van der Waals surface area contributed by atoms with E-state index in [0.29, 0.717) is 56.2 Å². The molecule has 1 saturated heterocycles. The van der Waals surface area contributed by atoms with E-state index in [1.807, 2.05) is 30.8 Å². The number of aliphatic carboxylic acids is 1. The van der Waals surface area contributed by atoms with Gasteiger partial charge in [-0.2, -0.15) is 0 Å². The topological polar surface area (TPSA) is 123 Å². The molecule has 0 unspecified atom stereocenters. The molecule has 1 aromatic carbocycles. The van der Waals surface area contributed by atoms with Crippen molar-refractivity contribution in [2.24, 2.45) is 5.92 Å². The van der Waals surface area contributed by atoms with Crippen LogP contribution in [0.4, 0.5) is 0 Å². The molecule has 230 valence electrons. The molecule has 1 aromatic rings. The Bertz CT molecular complexity index is 1050. The normalized spacial score (nSPS) is 20.0. The summed E-state index contributed by atoms with van der Waals surface area (Å²) in [7, 11) is 4.02. The summed E-state index contributed by atoms with van der Waals surface area (Å²) in [6.07, 6.45) is 3.17. The number of nitrogens with zero attached hydrogens (tertiary/aromatic N) is 4. The Morgan fingerprint density at radius 1 is 1.02 bits per heavy atom. The van der Waals surface area contributed by atoms with E-state index in [1.54, 1.807) is 17.0 Å². The number of carboxylic acids is 1. The summed E-state index contributed by atoms with van der Waals surface area (Å²) in [5.74, 6) is -1.29. The number of amides is 2. The first-order valence-corrected chi connectivity index (χ1v) is 14.8. The summed E-state index contributed by atoms with van der Waals surface area (Å²) in [6, 6.07) is 3.14. The molecule has 11 nitrogen and oxygen atoms in total. The molecular weight excluding hydrogens is 528 g/mol. The number of fused-ring (bicyclic) bond motifs is 1. The number of carboxylic acid groups (broad SMARTS) is 1. The Kier molecular flexibility index (Phi) is 12.2. The minimum Gasteiger partial charge on any atom is -0.481 e. The molecule has 2 amide bonds. The van der Waals surface area contributed by atoms with Crippen molar-refractivity contribution in [3.8, 4) is 11.5 Å². The predicted octanol–water partition coefficient (Wildman–Crippen LogP) is 2.22. The summed E-state index contributed by atoms with van der Waals surface area (Å²) in [6.45, 7) is 8.90. The SMILES string of the molecule is CCCCN(CCCN(C)C)C(=O)CN1C[C@H](c2cc(CO)c3c(c2)OCO3)[C@@H](C(=O)O)[C@@H]1CCN(CC)C(C)=O. The van der Waals surface area contributed by atoms with Crippen LogP contribution in [0.2, 0.25) is 0 Å². The first-order chi connectivity index (χ1) is 19.6. The van der Waals surface area contributed by atoms with Gasteiger partial charge in [0.15, 0.2) is 11.5 Å². The lowest BCUT2D eigenvalue weighted by Crippen LogP contribution is -2.46. The number of unbranched alkanes of at least 4 members (excludes halogenated alkanes) is 1. The van der Waals surface area contributed by atoms with E-state index >= 15 is 0 Å². The highest BCUT2D eigenvalue weighted by atomic mass is 16.7. The highest BCUT2D eigenvalue weighted by Crippen LogP contribution is 2.44. The van der Waals surface area contributed by atoms with Crippen LogP contribution in [0.1, 0.15) is 63.5 Å². The average molecular weight is 577 g/mol. The number of ether oxygens (including phenoxy) is 2. The van der Waals surface area contributed by atoms with E-state index in [1.165, 1.54) is 6.92 Å². The van der Waals surface area contributed by atoms with Gasteiger partial charge in [0.25, 0.3) is 0 Å². The molecule has 2 N–H and O–H groups in total. The predicted molar refractivity (Wildman–Crippen MR) is 155 cm³/mol. The fourth-order valence-corrected chi connectivity index (χ4v) is 6.02. The number of aliphatic hydroxyl groups excluding tert-OH is 1. The summed E-state index contributed by atoms with van der Waals surface area (Å²) in [5.41, 5.74) is 1.28. The first-order valence-electron chi connectivity index (χ1n) is 14.8. The standard InChI is InChI=1S/C30H48N4O7/c1-6-8-12-33(13-9-11-31(4)5)27(37)18-34-17-24(22-15-23(19-35)29-26(16-22)40-20-41-29)28(30(38)39)25(34)10-14-32(7-2)21(3)36/h15-16,24-25,28,35H,6-14,17-20H2,1-5H3,(H,38,39)/t24-,25+,28-/m1/s1. The molecule has 2 heterocycles. The minimum atomic E-state index is -0.946. The maximum atomic E-state index is 13.7.